The summed E-state index contributed by atoms with van der Waals surface area (Å²) in [5.74, 6) is 2.96. The summed E-state index contributed by atoms with van der Waals surface area (Å²) in [6.07, 6.45) is 3.69. The molecule has 0 bridgehead atoms. The van der Waals surface area contributed by atoms with Gasteiger partial charge in [0.1, 0.15) is 17.9 Å². The average molecular weight is 340 g/mol. The quantitative estimate of drug-likeness (QED) is 0.729. The average Bonchev–Trinajstić information content (AvgIpc) is 3.27. The third-order valence-electron chi connectivity index (χ3n) is 4.26. The van der Waals surface area contributed by atoms with Crippen LogP contribution in [-0.4, -0.2) is 30.9 Å². The Labute approximate surface area is 145 Å². The molecular weight excluding hydrogens is 320 g/mol. The Morgan fingerprint density at radius 3 is 3.00 bits per heavy atom. The molecule has 0 unspecified atom stereocenters. The van der Waals surface area contributed by atoms with Crippen LogP contribution in [0.5, 0.6) is 5.75 Å². The van der Waals surface area contributed by atoms with Crippen molar-refractivity contribution in [2.75, 3.05) is 0 Å². The number of hydrogen-bond acceptors (Lipinski definition) is 7. The molecule has 1 atom stereocenters. The topological polar surface area (TPSA) is 90.9 Å². The first-order chi connectivity index (χ1) is 12.3. The smallest absolute Gasteiger partial charge is 0.223 e. The molecule has 0 aliphatic carbocycles. The van der Waals surface area contributed by atoms with E-state index in [2.05, 4.69) is 37.7 Å². The number of nitrogens with zero attached hydrogens (tertiary/aromatic N) is 5. The van der Waals surface area contributed by atoms with Gasteiger partial charge in [0.25, 0.3) is 0 Å². The summed E-state index contributed by atoms with van der Waals surface area (Å²) in [5.41, 5.74) is 1.21. The molecular formula is C17H20N6O2. The van der Waals surface area contributed by atoms with Gasteiger partial charge in [0.15, 0.2) is 6.61 Å². The molecule has 3 heterocycles. The van der Waals surface area contributed by atoms with Crippen LogP contribution < -0.4 is 10.1 Å². The van der Waals surface area contributed by atoms with E-state index >= 15 is 0 Å². The van der Waals surface area contributed by atoms with E-state index in [1.54, 1.807) is 13.3 Å². The molecule has 8 nitrogen and oxygen atoms in total. The van der Waals surface area contributed by atoms with Gasteiger partial charge in [-0.05, 0) is 24.1 Å². The van der Waals surface area contributed by atoms with Crippen LogP contribution in [0.1, 0.15) is 29.5 Å². The van der Waals surface area contributed by atoms with Crippen LogP contribution in [0, 0.1) is 6.92 Å². The van der Waals surface area contributed by atoms with Crippen molar-refractivity contribution in [3.8, 4) is 5.75 Å². The van der Waals surface area contributed by atoms with Crippen LogP contribution in [0.3, 0.4) is 0 Å². The molecule has 1 N–H and O–H groups in total. The molecule has 1 aromatic carbocycles. The second kappa shape index (κ2) is 7.02. The van der Waals surface area contributed by atoms with Crippen LogP contribution >= 0.6 is 0 Å². The van der Waals surface area contributed by atoms with E-state index in [0.29, 0.717) is 24.4 Å². The molecule has 25 heavy (non-hydrogen) atoms. The molecule has 0 amide bonds. The highest BCUT2D eigenvalue weighted by molar-refractivity contribution is 5.27. The molecule has 1 aliphatic rings. The van der Waals surface area contributed by atoms with Crippen LogP contribution in [-0.2, 0) is 26.1 Å². The fourth-order valence-electron chi connectivity index (χ4n) is 2.92. The Morgan fingerprint density at radius 2 is 2.20 bits per heavy atom. The van der Waals surface area contributed by atoms with Crippen molar-refractivity contribution in [2.45, 2.75) is 45.5 Å². The van der Waals surface area contributed by atoms with Gasteiger partial charge in [-0.15, -0.1) is 0 Å². The second-order valence-corrected chi connectivity index (χ2v) is 6.14. The molecule has 8 heteroatoms. The highest BCUT2D eigenvalue weighted by atomic mass is 16.5. The summed E-state index contributed by atoms with van der Waals surface area (Å²) in [6.45, 7) is 3.76. The van der Waals surface area contributed by atoms with E-state index in [1.807, 2.05) is 16.8 Å². The Balaban J connectivity index is 1.26. The van der Waals surface area contributed by atoms with Crippen molar-refractivity contribution >= 4 is 0 Å². The number of rotatable bonds is 6. The molecule has 3 aromatic rings. The highest BCUT2D eigenvalue weighted by Crippen LogP contribution is 2.15. The summed E-state index contributed by atoms with van der Waals surface area (Å²) >= 11 is 0. The van der Waals surface area contributed by atoms with Gasteiger partial charge in [0, 0.05) is 25.9 Å². The normalized spacial score (nSPS) is 16.6. The van der Waals surface area contributed by atoms with E-state index in [1.165, 1.54) is 5.56 Å². The maximum atomic E-state index is 5.66. The van der Waals surface area contributed by atoms with Gasteiger partial charge >= 0.3 is 0 Å². The molecule has 130 valence electrons. The fraction of sp³-hybridized carbons (Fsp3) is 0.412. The van der Waals surface area contributed by atoms with Crippen LogP contribution in [0.2, 0.25) is 0 Å². The van der Waals surface area contributed by atoms with Gasteiger partial charge in [0.2, 0.25) is 11.7 Å². The van der Waals surface area contributed by atoms with Crippen molar-refractivity contribution in [2.24, 2.45) is 0 Å². The highest BCUT2D eigenvalue weighted by Gasteiger charge is 2.19. The predicted octanol–water partition coefficient (Wildman–Crippen LogP) is 1.65. The van der Waals surface area contributed by atoms with Gasteiger partial charge in [0.05, 0.1) is 6.54 Å². The van der Waals surface area contributed by atoms with Gasteiger partial charge in [-0.2, -0.15) is 10.1 Å². The zero-order valence-corrected chi connectivity index (χ0v) is 14.1. The van der Waals surface area contributed by atoms with E-state index in [-0.39, 0.29) is 0 Å². The lowest BCUT2D eigenvalue weighted by Gasteiger charge is -2.23. The molecule has 0 spiro atoms. The minimum absolute atomic E-state index is 0.303. The number of ether oxygens (including phenoxy) is 1. The molecule has 0 saturated heterocycles. The van der Waals surface area contributed by atoms with Gasteiger partial charge in [-0.3, -0.25) is 0 Å². The standard InChI is InChI=1S/C17H20N6O2/c1-12-21-16(22-25-12)10-24-15-5-2-13(3-6-15)8-18-14-4-7-17-19-11-20-23(17)9-14/h2-3,5-6,11,14,18H,4,7-10H2,1H3/t14-/m0/s1. The van der Waals surface area contributed by atoms with E-state index < -0.39 is 0 Å². The van der Waals surface area contributed by atoms with E-state index in [4.69, 9.17) is 9.26 Å². The van der Waals surface area contributed by atoms with Gasteiger partial charge < -0.3 is 14.6 Å². The number of aryl methyl sites for hydroxylation is 2. The van der Waals surface area contributed by atoms with E-state index in [9.17, 15) is 0 Å². The summed E-state index contributed by atoms with van der Waals surface area (Å²) in [6, 6.07) is 8.47. The Kier molecular flexibility index (Phi) is 4.43. The Hall–Kier alpha value is -2.74. The SMILES string of the molecule is Cc1nc(COc2ccc(CN[C@H]3CCc4ncnn4C3)cc2)no1. The van der Waals surface area contributed by atoms with Crippen LogP contribution in [0.25, 0.3) is 0 Å². The lowest BCUT2D eigenvalue weighted by molar-refractivity contribution is 0.285. The predicted molar refractivity (Wildman–Crippen MR) is 88.8 cm³/mol. The van der Waals surface area contributed by atoms with Crippen molar-refractivity contribution < 1.29 is 9.26 Å². The lowest BCUT2D eigenvalue weighted by atomic mass is 10.1. The number of nitrogens with one attached hydrogen (secondary N) is 1. The molecule has 2 aromatic heterocycles. The largest absolute Gasteiger partial charge is 0.485 e. The molecule has 0 radical (unpaired) electrons. The van der Waals surface area contributed by atoms with Crippen molar-refractivity contribution in [3.63, 3.8) is 0 Å². The maximum absolute atomic E-state index is 5.66. The van der Waals surface area contributed by atoms with Crippen LogP contribution in [0.4, 0.5) is 0 Å². The Bertz CT molecular complexity index is 826. The number of hydrogen-bond donors (Lipinski definition) is 1. The molecule has 1 aliphatic heterocycles. The number of aromatic nitrogens is 5. The number of benzene rings is 1. The summed E-state index contributed by atoms with van der Waals surface area (Å²) in [7, 11) is 0. The summed E-state index contributed by atoms with van der Waals surface area (Å²) in [4.78, 5) is 8.37. The minimum Gasteiger partial charge on any atom is -0.485 e. The lowest BCUT2D eigenvalue weighted by Crippen LogP contribution is -2.37. The monoisotopic (exact) mass is 340 g/mol. The molecule has 0 fully saturated rings. The second-order valence-electron chi connectivity index (χ2n) is 6.14. The van der Waals surface area contributed by atoms with Crippen LogP contribution in [0.15, 0.2) is 35.1 Å². The first kappa shape index (κ1) is 15.8. The fourth-order valence-corrected chi connectivity index (χ4v) is 2.92. The Morgan fingerprint density at radius 1 is 1.32 bits per heavy atom. The zero-order chi connectivity index (χ0) is 17.1. The first-order valence-corrected chi connectivity index (χ1v) is 8.37. The van der Waals surface area contributed by atoms with E-state index in [0.717, 1.165) is 37.5 Å². The summed E-state index contributed by atoms with van der Waals surface area (Å²) in [5, 5.41) is 11.6. The maximum Gasteiger partial charge on any atom is 0.223 e. The first-order valence-electron chi connectivity index (χ1n) is 8.37. The van der Waals surface area contributed by atoms with Gasteiger partial charge in [-0.25, -0.2) is 9.67 Å². The minimum atomic E-state index is 0.303. The van der Waals surface area contributed by atoms with Crippen molar-refractivity contribution in [1.29, 1.82) is 0 Å². The summed E-state index contributed by atoms with van der Waals surface area (Å²) < 4.78 is 12.6. The third-order valence-corrected chi connectivity index (χ3v) is 4.26. The van der Waals surface area contributed by atoms with Crippen molar-refractivity contribution in [3.05, 3.63) is 53.7 Å². The van der Waals surface area contributed by atoms with Gasteiger partial charge in [-0.1, -0.05) is 17.3 Å². The zero-order valence-electron chi connectivity index (χ0n) is 14.1. The van der Waals surface area contributed by atoms with Crippen molar-refractivity contribution in [1.82, 2.24) is 30.2 Å². The molecule has 4 rings (SSSR count). The molecule has 0 saturated carbocycles. The number of fused-ring (bicyclic) bond motifs is 1. The third kappa shape index (κ3) is 3.85.